The van der Waals surface area contributed by atoms with Crippen LogP contribution in [0.25, 0.3) is 0 Å². The quantitative estimate of drug-likeness (QED) is 0.707. The molecule has 0 bridgehead atoms. The lowest BCUT2D eigenvalue weighted by molar-refractivity contribution is 0.519. The number of hydrogen-bond acceptors (Lipinski definition) is 1. The molecule has 25 heavy (non-hydrogen) atoms. The first-order valence-corrected chi connectivity index (χ1v) is 11.2. The summed E-state index contributed by atoms with van der Waals surface area (Å²) in [6.07, 6.45) is 0. The van der Waals surface area contributed by atoms with Gasteiger partial charge in [0, 0.05) is 5.33 Å². The minimum atomic E-state index is -2.12. The van der Waals surface area contributed by atoms with Crippen LogP contribution in [-0.2, 0) is 0 Å². The molecule has 0 unspecified atom stereocenters. The summed E-state index contributed by atoms with van der Waals surface area (Å²) in [5, 5.41) is 4.21. The van der Waals surface area contributed by atoms with Crippen LogP contribution in [0.3, 0.4) is 0 Å². The molecule has 130 valence electrons. The normalized spacial score (nSPS) is 18.6. The maximum absolute atomic E-state index is 5.28. The molecule has 3 rings (SSSR count). The van der Waals surface area contributed by atoms with Gasteiger partial charge in [-0.15, -0.1) is 0 Å². The van der Waals surface area contributed by atoms with Gasteiger partial charge in [-0.05, 0) is 42.1 Å². The van der Waals surface area contributed by atoms with Gasteiger partial charge >= 0.3 is 0 Å². The summed E-state index contributed by atoms with van der Waals surface area (Å²) in [7, 11) is -2.12. The van der Waals surface area contributed by atoms with E-state index < -0.39 is 8.07 Å². The molecule has 1 aliphatic rings. The van der Waals surface area contributed by atoms with Gasteiger partial charge in [0.25, 0.3) is 0 Å². The molecule has 2 aromatic rings. The number of allylic oxidation sites excluding steroid dienone is 1. The topological polar surface area (TPSA) is 12.4 Å². The smallest absolute Gasteiger partial charge is 0.194 e. The molecule has 0 saturated heterocycles. The number of aliphatic imine (C=N–C) groups is 1. The number of nitrogens with zero attached hydrogens (tertiary/aromatic N) is 1. The van der Waals surface area contributed by atoms with E-state index in [9.17, 15) is 0 Å². The Labute approximate surface area is 153 Å². The van der Waals surface area contributed by atoms with Gasteiger partial charge in [0.2, 0.25) is 0 Å². The minimum absolute atomic E-state index is 0.0814. The molecular weight excluding hydrogens is 318 g/mol. The van der Waals surface area contributed by atoms with E-state index in [-0.39, 0.29) is 11.0 Å². The van der Waals surface area contributed by atoms with E-state index >= 15 is 0 Å². The first-order valence-electron chi connectivity index (χ1n) is 9.10. The average Bonchev–Trinajstić information content (AvgIpc) is 2.52. The second-order valence-electron chi connectivity index (χ2n) is 8.98. The summed E-state index contributed by atoms with van der Waals surface area (Å²) in [5.74, 6) is 0. The fourth-order valence-corrected chi connectivity index (χ4v) is 8.50. The van der Waals surface area contributed by atoms with Gasteiger partial charge in [0.1, 0.15) is 0 Å². The summed E-state index contributed by atoms with van der Waals surface area (Å²) < 4.78 is 0. The third kappa shape index (κ3) is 3.28. The lowest BCUT2D eigenvalue weighted by Crippen LogP contribution is -2.70. The Kier molecular flexibility index (Phi) is 4.36. The Hall–Kier alpha value is -1.93. The van der Waals surface area contributed by atoms with Crippen molar-refractivity contribution in [2.75, 3.05) is 0 Å². The molecule has 1 nitrogen and oxygen atoms in total. The standard InChI is InChI=1S/C23H29NSi/c1-22(2,3)20-17-25(18-13-9-7-10-14-18,19-15-11-8-12-16-19)21(20)24-23(4,5)6/h7-17H,1-6H3. The van der Waals surface area contributed by atoms with Crippen molar-refractivity contribution < 1.29 is 0 Å². The highest BCUT2D eigenvalue weighted by Gasteiger charge is 2.52. The monoisotopic (exact) mass is 347 g/mol. The molecule has 0 saturated carbocycles. The van der Waals surface area contributed by atoms with E-state index in [0.717, 1.165) is 0 Å². The second-order valence-corrected chi connectivity index (χ2v) is 12.5. The van der Waals surface area contributed by atoms with Crippen molar-refractivity contribution in [3.8, 4) is 0 Å². The predicted octanol–water partition coefficient (Wildman–Crippen LogP) is 4.55. The highest BCUT2D eigenvalue weighted by Crippen LogP contribution is 2.39. The SMILES string of the molecule is CC(C)(C)N=C1C(C(C)(C)C)=C[Si]1(c1ccccc1)c1ccccc1. The van der Waals surface area contributed by atoms with Crippen LogP contribution in [0.1, 0.15) is 41.5 Å². The summed E-state index contributed by atoms with van der Waals surface area (Å²) >= 11 is 0. The molecule has 2 heteroatoms. The molecule has 0 fully saturated rings. The first-order chi connectivity index (χ1) is 11.6. The molecule has 0 N–H and O–H groups in total. The summed E-state index contributed by atoms with van der Waals surface area (Å²) in [5.41, 5.74) is 4.02. The minimum Gasteiger partial charge on any atom is -0.287 e. The van der Waals surface area contributed by atoms with Gasteiger partial charge in [-0.3, -0.25) is 4.99 Å². The highest BCUT2D eigenvalue weighted by molar-refractivity contribution is 7.31. The molecule has 2 aromatic carbocycles. The summed E-state index contributed by atoms with van der Waals surface area (Å²) in [6, 6.07) is 22.0. The molecule has 1 heterocycles. The summed E-state index contributed by atoms with van der Waals surface area (Å²) in [4.78, 5) is 5.28. The Balaban J connectivity index is 2.32. The van der Waals surface area contributed by atoms with Gasteiger partial charge in [-0.2, -0.15) is 0 Å². The molecule has 0 aliphatic carbocycles. The van der Waals surface area contributed by atoms with Crippen LogP contribution < -0.4 is 10.4 Å². The number of hydrogen-bond donors (Lipinski definition) is 0. The summed E-state index contributed by atoms with van der Waals surface area (Å²) in [6.45, 7) is 13.5. The van der Waals surface area contributed by atoms with Gasteiger partial charge < -0.3 is 0 Å². The zero-order valence-corrected chi connectivity index (χ0v) is 17.3. The van der Waals surface area contributed by atoms with E-state index in [1.165, 1.54) is 21.3 Å². The second kappa shape index (κ2) is 6.10. The van der Waals surface area contributed by atoms with E-state index in [2.05, 4.69) is 108 Å². The van der Waals surface area contributed by atoms with Gasteiger partial charge in [-0.25, -0.2) is 0 Å². The van der Waals surface area contributed by atoms with Gasteiger partial charge in [-0.1, -0.05) is 87.1 Å². The lowest BCUT2D eigenvalue weighted by atomic mass is 9.87. The van der Waals surface area contributed by atoms with Crippen molar-refractivity contribution in [3.05, 3.63) is 71.9 Å². The van der Waals surface area contributed by atoms with Crippen molar-refractivity contribution >= 4 is 23.8 Å². The number of rotatable bonds is 2. The maximum Gasteiger partial charge on any atom is 0.194 e. The Morgan fingerprint density at radius 1 is 0.680 bits per heavy atom. The van der Waals surface area contributed by atoms with E-state index in [0.29, 0.717) is 0 Å². The zero-order chi connectivity index (χ0) is 18.3. The molecule has 0 aromatic heterocycles. The third-order valence-electron chi connectivity index (χ3n) is 4.70. The van der Waals surface area contributed by atoms with Gasteiger partial charge in [0.05, 0.1) is 5.54 Å². The van der Waals surface area contributed by atoms with Crippen LogP contribution in [0.4, 0.5) is 0 Å². The zero-order valence-electron chi connectivity index (χ0n) is 16.3. The van der Waals surface area contributed by atoms with E-state index in [1.807, 2.05) is 0 Å². The van der Waals surface area contributed by atoms with Crippen LogP contribution >= 0.6 is 0 Å². The van der Waals surface area contributed by atoms with Crippen molar-refractivity contribution in [1.29, 1.82) is 0 Å². The van der Waals surface area contributed by atoms with Crippen molar-refractivity contribution in [1.82, 2.24) is 0 Å². The largest absolute Gasteiger partial charge is 0.287 e. The van der Waals surface area contributed by atoms with Crippen LogP contribution in [0.15, 0.2) is 76.9 Å². The Morgan fingerprint density at radius 2 is 1.12 bits per heavy atom. The molecular formula is C23H29NSi. The first kappa shape index (κ1) is 17.9. The molecule has 1 aliphatic heterocycles. The average molecular weight is 348 g/mol. The third-order valence-corrected chi connectivity index (χ3v) is 9.04. The predicted molar refractivity (Wildman–Crippen MR) is 113 cm³/mol. The fourth-order valence-electron chi connectivity index (χ4n) is 3.55. The van der Waals surface area contributed by atoms with E-state index in [4.69, 9.17) is 4.99 Å². The highest BCUT2D eigenvalue weighted by atomic mass is 28.3. The van der Waals surface area contributed by atoms with Crippen molar-refractivity contribution in [2.45, 2.75) is 47.1 Å². The lowest BCUT2D eigenvalue weighted by Gasteiger charge is -2.46. The fraction of sp³-hybridized carbons (Fsp3) is 0.348. The van der Waals surface area contributed by atoms with Crippen molar-refractivity contribution in [3.63, 3.8) is 0 Å². The van der Waals surface area contributed by atoms with Gasteiger partial charge in [0.15, 0.2) is 8.07 Å². The van der Waals surface area contributed by atoms with E-state index in [1.54, 1.807) is 0 Å². The molecule has 0 radical (unpaired) electrons. The van der Waals surface area contributed by atoms with Crippen molar-refractivity contribution in [2.24, 2.45) is 10.4 Å². The van der Waals surface area contributed by atoms with Crippen LogP contribution in [0.2, 0.25) is 0 Å². The molecule has 0 spiro atoms. The maximum atomic E-state index is 5.28. The van der Waals surface area contributed by atoms with Crippen LogP contribution in [0.5, 0.6) is 0 Å². The molecule has 0 amide bonds. The van der Waals surface area contributed by atoms with Crippen LogP contribution in [0, 0.1) is 5.41 Å². The Morgan fingerprint density at radius 3 is 1.48 bits per heavy atom. The van der Waals surface area contributed by atoms with Crippen LogP contribution in [-0.4, -0.2) is 18.9 Å². The Bertz CT molecular complexity index is 763. The molecule has 0 atom stereocenters. The number of benzene rings is 2.